The van der Waals surface area contributed by atoms with Crippen molar-refractivity contribution in [3.63, 3.8) is 0 Å². The number of hydrogen-bond donors (Lipinski definition) is 0. The topological polar surface area (TPSA) is 17.1 Å². The maximum atomic E-state index is 11.6. The average molecular weight is 313 g/mol. The van der Waals surface area contributed by atoms with Gasteiger partial charge in [0.05, 0.1) is 0 Å². The van der Waals surface area contributed by atoms with Gasteiger partial charge in [0.1, 0.15) is 5.78 Å². The molecule has 0 aromatic heterocycles. The second kappa shape index (κ2) is 18.7. The standard InChI is InChI=1S/C12H24O.C9H20/c1-4-7-10-11(8-5-2)12(13)9-6-3;1-4-7-9(6-3)8-5-2/h11H,4-10H2,1-3H3;9H,4-8H2,1-3H3. The number of Topliss-reactive ketones (excluding diaryl/α,β-unsaturated/α-hetero) is 1. The van der Waals surface area contributed by atoms with Crippen LogP contribution in [-0.4, -0.2) is 5.78 Å². The third-order valence-electron chi connectivity index (χ3n) is 4.47. The van der Waals surface area contributed by atoms with E-state index < -0.39 is 0 Å². The lowest BCUT2D eigenvalue weighted by Crippen LogP contribution is -2.13. The second-order valence-electron chi connectivity index (χ2n) is 6.70. The van der Waals surface area contributed by atoms with Crippen LogP contribution in [0.4, 0.5) is 0 Å². The Bertz CT molecular complexity index is 216. The van der Waals surface area contributed by atoms with Crippen LogP contribution in [0.15, 0.2) is 0 Å². The third-order valence-corrected chi connectivity index (χ3v) is 4.47. The van der Waals surface area contributed by atoms with Crippen LogP contribution in [0.3, 0.4) is 0 Å². The van der Waals surface area contributed by atoms with E-state index >= 15 is 0 Å². The van der Waals surface area contributed by atoms with Crippen molar-refractivity contribution in [1.82, 2.24) is 0 Å². The highest BCUT2D eigenvalue weighted by molar-refractivity contribution is 5.80. The Hall–Kier alpha value is -0.330. The maximum absolute atomic E-state index is 11.6. The van der Waals surface area contributed by atoms with Gasteiger partial charge in [0.2, 0.25) is 0 Å². The van der Waals surface area contributed by atoms with Crippen molar-refractivity contribution in [1.29, 1.82) is 0 Å². The van der Waals surface area contributed by atoms with E-state index in [1.54, 1.807) is 0 Å². The lowest BCUT2D eigenvalue weighted by Gasteiger charge is -2.13. The molecule has 0 aliphatic heterocycles. The Kier molecular flexibility index (Phi) is 20.4. The first-order valence-corrected chi connectivity index (χ1v) is 10.1. The highest BCUT2D eigenvalue weighted by atomic mass is 16.1. The lowest BCUT2D eigenvalue weighted by molar-refractivity contribution is -0.123. The minimum atomic E-state index is 0.366. The molecular weight excluding hydrogens is 268 g/mol. The molecule has 0 saturated carbocycles. The summed E-state index contributed by atoms with van der Waals surface area (Å²) >= 11 is 0. The van der Waals surface area contributed by atoms with Crippen molar-refractivity contribution >= 4 is 5.78 Å². The molecule has 22 heavy (non-hydrogen) atoms. The van der Waals surface area contributed by atoms with E-state index in [-0.39, 0.29) is 0 Å². The molecule has 1 heteroatoms. The van der Waals surface area contributed by atoms with Crippen LogP contribution in [-0.2, 0) is 4.79 Å². The molecule has 0 saturated heterocycles. The summed E-state index contributed by atoms with van der Waals surface area (Å²) in [5.74, 6) is 1.88. The zero-order chi connectivity index (χ0) is 17.2. The molecule has 0 spiro atoms. The summed E-state index contributed by atoms with van der Waals surface area (Å²) in [6.45, 7) is 13.3. The number of hydrogen-bond acceptors (Lipinski definition) is 1. The first kappa shape index (κ1) is 23.9. The van der Waals surface area contributed by atoms with Crippen LogP contribution >= 0.6 is 0 Å². The smallest absolute Gasteiger partial charge is 0.135 e. The molecule has 0 aliphatic carbocycles. The van der Waals surface area contributed by atoms with E-state index in [4.69, 9.17) is 0 Å². The van der Waals surface area contributed by atoms with Crippen molar-refractivity contribution in [3.8, 4) is 0 Å². The van der Waals surface area contributed by atoms with Crippen LogP contribution in [0.25, 0.3) is 0 Å². The fraction of sp³-hybridized carbons (Fsp3) is 0.952. The second-order valence-corrected chi connectivity index (χ2v) is 6.70. The number of carbonyl (C=O) groups excluding carboxylic acids is 1. The molecule has 1 nitrogen and oxygen atoms in total. The van der Waals surface area contributed by atoms with E-state index in [1.807, 2.05) is 0 Å². The van der Waals surface area contributed by atoms with E-state index in [1.165, 1.54) is 44.9 Å². The largest absolute Gasteiger partial charge is 0.299 e. The van der Waals surface area contributed by atoms with Crippen LogP contribution in [0, 0.1) is 11.8 Å². The number of carbonyl (C=O) groups is 1. The summed E-state index contributed by atoms with van der Waals surface area (Å²) in [5, 5.41) is 0. The Balaban J connectivity index is 0. The summed E-state index contributed by atoms with van der Waals surface area (Å²) < 4.78 is 0. The van der Waals surface area contributed by atoms with E-state index in [2.05, 4.69) is 41.5 Å². The number of rotatable bonds is 13. The summed E-state index contributed by atoms with van der Waals surface area (Å²) in [6, 6.07) is 0. The van der Waals surface area contributed by atoms with Gasteiger partial charge in [0.25, 0.3) is 0 Å². The Morgan fingerprint density at radius 1 is 0.682 bits per heavy atom. The van der Waals surface area contributed by atoms with E-state index in [0.717, 1.165) is 38.0 Å². The van der Waals surface area contributed by atoms with Crippen molar-refractivity contribution in [2.24, 2.45) is 11.8 Å². The molecule has 0 aromatic rings. The maximum Gasteiger partial charge on any atom is 0.135 e. The van der Waals surface area contributed by atoms with Crippen LogP contribution < -0.4 is 0 Å². The Morgan fingerprint density at radius 3 is 1.59 bits per heavy atom. The molecule has 0 N–H and O–H groups in total. The lowest BCUT2D eigenvalue weighted by atomic mass is 9.91. The van der Waals surface area contributed by atoms with Crippen molar-refractivity contribution in [3.05, 3.63) is 0 Å². The van der Waals surface area contributed by atoms with Gasteiger partial charge in [0.15, 0.2) is 0 Å². The molecule has 1 unspecified atom stereocenters. The van der Waals surface area contributed by atoms with Crippen LogP contribution in [0.1, 0.15) is 119 Å². The summed E-state index contributed by atoms with van der Waals surface area (Å²) in [5.41, 5.74) is 0. The summed E-state index contributed by atoms with van der Waals surface area (Å²) in [7, 11) is 0. The SMILES string of the molecule is CCCC(CC)CCC.CCCCC(CCC)C(=O)CCC. The summed E-state index contributed by atoms with van der Waals surface area (Å²) in [6.07, 6.45) is 14.5. The fourth-order valence-corrected chi connectivity index (χ4v) is 3.08. The van der Waals surface area contributed by atoms with Gasteiger partial charge in [-0.15, -0.1) is 0 Å². The van der Waals surface area contributed by atoms with Gasteiger partial charge in [-0.2, -0.15) is 0 Å². The number of unbranched alkanes of at least 4 members (excludes halogenated alkanes) is 1. The normalized spacial score (nSPS) is 12.0. The average Bonchev–Trinajstić information content (AvgIpc) is 2.52. The fourth-order valence-electron chi connectivity index (χ4n) is 3.08. The predicted molar refractivity (Wildman–Crippen MR) is 101 cm³/mol. The molecule has 0 fully saturated rings. The Labute approximate surface area is 141 Å². The molecule has 0 bridgehead atoms. The van der Waals surface area contributed by atoms with Gasteiger partial charge in [0, 0.05) is 12.3 Å². The molecule has 0 radical (unpaired) electrons. The van der Waals surface area contributed by atoms with Crippen molar-refractivity contribution < 1.29 is 4.79 Å². The minimum Gasteiger partial charge on any atom is -0.299 e. The molecule has 1 atom stereocenters. The summed E-state index contributed by atoms with van der Waals surface area (Å²) in [4.78, 5) is 11.6. The molecule has 0 rings (SSSR count). The van der Waals surface area contributed by atoms with Gasteiger partial charge in [-0.3, -0.25) is 4.79 Å². The molecule has 0 aliphatic rings. The monoisotopic (exact) mass is 312 g/mol. The predicted octanol–water partition coefficient (Wildman–Crippen LogP) is 7.57. The van der Waals surface area contributed by atoms with Gasteiger partial charge in [-0.1, -0.05) is 92.9 Å². The third kappa shape index (κ3) is 14.6. The Morgan fingerprint density at radius 2 is 1.23 bits per heavy atom. The first-order chi connectivity index (χ1) is 10.6. The molecule has 134 valence electrons. The first-order valence-electron chi connectivity index (χ1n) is 10.1. The zero-order valence-corrected chi connectivity index (χ0v) is 16.5. The molecular formula is C21H44O. The highest BCUT2D eigenvalue weighted by Crippen LogP contribution is 2.18. The zero-order valence-electron chi connectivity index (χ0n) is 16.5. The molecule has 0 amide bonds. The van der Waals surface area contributed by atoms with Crippen molar-refractivity contribution in [2.75, 3.05) is 0 Å². The van der Waals surface area contributed by atoms with Crippen LogP contribution in [0.5, 0.6) is 0 Å². The van der Waals surface area contributed by atoms with Crippen LogP contribution in [0.2, 0.25) is 0 Å². The van der Waals surface area contributed by atoms with Gasteiger partial charge >= 0.3 is 0 Å². The molecule has 0 heterocycles. The molecule has 0 aromatic carbocycles. The quantitative estimate of drug-likeness (QED) is 0.342. The van der Waals surface area contributed by atoms with Gasteiger partial charge < -0.3 is 0 Å². The van der Waals surface area contributed by atoms with Crippen molar-refractivity contribution in [2.45, 2.75) is 119 Å². The highest BCUT2D eigenvalue weighted by Gasteiger charge is 2.15. The number of ketones is 1. The van der Waals surface area contributed by atoms with E-state index in [9.17, 15) is 4.79 Å². The van der Waals surface area contributed by atoms with Gasteiger partial charge in [-0.25, -0.2) is 0 Å². The van der Waals surface area contributed by atoms with E-state index in [0.29, 0.717) is 11.7 Å². The minimum absolute atomic E-state index is 0.366. The van der Waals surface area contributed by atoms with Gasteiger partial charge in [-0.05, 0) is 25.2 Å².